The maximum atomic E-state index is 12.1. The topological polar surface area (TPSA) is 84.7 Å². The summed E-state index contributed by atoms with van der Waals surface area (Å²) in [6.45, 7) is 3.30. The lowest BCUT2D eigenvalue weighted by Gasteiger charge is -2.18. The first kappa shape index (κ1) is 19.2. The number of nitro benzene ring substituents is 1. The molecule has 0 aliphatic heterocycles. The van der Waals surface area contributed by atoms with Gasteiger partial charge >= 0.3 is 6.03 Å². The van der Waals surface area contributed by atoms with Crippen molar-refractivity contribution in [2.45, 2.75) is 19.9 Å². The monoisotopic (exact) mass is 357 g/mol. The molecule has 0 radical (unpaired) electrons. The van der Waals surface area contributed by atoms with Crippen LogP contribution in [0.5, 0.6) is 5.75 Å². The van der Waals surface area contributed by atoms with Gasteiger partial charge in [0, 0.05) is 32.3 Å². The average molecular weight is 357 g/mol. The molecule has 0 saturated carbocycles. The fourth-order valence-electron chi connectivity index (χ4n) is 2.40. The van der Waals surface area contributed by atoms with Gasteiger partial charge in [-0.15, -0.1) is 0 Å². The molecular formula is C19H23N3O4. The predicted molar refractivity (Wildman–Crippen MR) is 99.3 cm³/mol. The molecule has 0 heterocycles. The summed E-state index contributed by atoms with van der Waals surface area (Å²) in [5.74, 6) is 0.852. The van der Waals surface area contributed by atoms with Crippen LogP contribution in [0.15, 0.2) is 48.5 Å². The number of para-hydroxylation sites is 1. The van der Waals surface area contributed by atoms with E-state index in [0.717, 1.165) is 11.3 Å². The van der Waals surface area contributed by atoms with Crippen LogP contribution in [0.25, 0.3) is 0 Å². The molecule has 0 unspecified atom stereocenters. The Morgan fingerprint density at radius 2 is 2.00 bits per heavy atom. The Bertz CT molecular complexity index is 764. The van der Waals surface area contributed by atoms with Crippen LogP contribution in [0.3, 0.4) is 0 Å². The number of nitro groups is 1. The van der Waals surface area contributed by atoms with E-state index >= 15 is 0 Å². The number of amides is 2. The Morgan fingerprint density at radius 3 is 2.73 bits per heavy atom. The third-order valence-electron chi connectivity index (χ3n) is 3.90. The second-order valence-corrected chi connectivity index (χ2v) is 5.97. The minimum absolute atomic E-state index is 0.0125. The van der Waals surface area contributed by atoms with Gasteiger partial charge in [-0.2, -0.15) is 0 Å². The lowest BCUT2D eigenvalue weighted by molar-refractivity contribution is -0.384. The van der Waals surface area contributed by atoms with E-state index in [0.29, 0.717) is 25.1 Å². The van der Waals surface area contributed by atoms with Crippen LogP contribution >= 0.6 is 0 Å². The normalized spacial score (nSPS) is 10.2. The van der Waals surface area contributed by atoms with E-state index in [2.05, 4.69) is 5.32 Å². The first-order valence-corrected chi connectivity index (χ1v) is 8.38. The number of carbonyl (C=O) groups is 1. The first-order chi connectivity index (χ1) is 12.5. The molecular weight excluding hydrogens is 334 g/mol. The smallest absolute Gasteiger partial charge is 0.317 e. The van der Waals surface area contributed by atoms with Gasteiger partial charge in [-0.25, -0.2) is 4.79 Å². The fraction of sp³-hybridized carbons (Fsp3) is 0.316. The molecule has 2 aromatic rings. The van der Waals surface area contributed by atoms with Gasteiger partial charge < -0.3 is 15.0 Å². The molecule has 7 nitrogen and oxygen atoms in total. The second-order valence-electron chi connectivity index (χ2n) is 5.97. The highest BCUT2D eigenvalue weighted by molar-refractivity contribution is 5.73. The van der Waals surface area contributed by atoms with Crippen molar-refractivity contribution in [3.8, 4) is 5.75 Å². The fourth-order valence-corrected chi connectivity index (χ4v) is 2.40. The number of ether oxygens (including phenoxy) is 1. The van der Waals surface area contributed by atoms with Crippen molar-refractivity contribution in [1.29, 1.82) is 0 Å². The predicted octanol–water partition coefficient (Wildman–Crippen LogP) is 3.51. The molecule has 26 heavy (non-hydrogen) atoms. The molecule has 1 N–H and O–H groups in total. The van der Waals surface area contributed by atoms with Crippen LogP contribution in [0.4, 0.5) is 10.5 Å². The molecule has 2 aromatic carbocycles. The Balaban J connectivity index is 1.71. The van der Waals surface area contributed by atoms with Gasteiger partial charge in [0.15, 0.2) is 0 Å². The summed E-state index contributed by atoms with van der Waals surface area (Å²) < 4.78 is 5.71. The summed E-state index contributed by atoms with van der Waals surface area (Å²) in [4.78, 5) is 24.0. The largest absolute Gasteiger partial charge is 0.493 e. The Morgan fingerprint density at radius 1 is 1.23 bits per heavy atom. The highest BCUT2D eigenvalue weighted by Crippen LogP contribution is 2.16. The zero-order chi connectivity index (χ0) is 18.9. The van der Waals surface area contributed by atoms with Gasteiger partial charge in [0.05, 0.1) is 11.5 Å². The van der Waals surface area contributed by atoms with Crippen LogP contribution in [0, 0.1) is 17.0 Å². The van der Waals surface area contributed by atoms with E-state index in [1.165, 1.54) is 12.1 Å². The van der Waals surface area contributed by atoms with E-state index in [9.17, 15) is 14.9 Å². The number of aryl methyl sites for hydroxylation is 1. The van der Waals surface area contributed by atoms with Crippen LogP contribution in [0.1, 0.15) is 17.5 Å². The lowest BCUT2D eigenvalue weighted by atomic mass is 10.2. The van der Waals surface area contributed by atoms with Crippen molar-refractivity contribution in [1.82, 2.24) is 10.2 Å². The highest BCUT2D eigenvalue weighted by atomic mass is 16.6. The van der Waals surface area contributed by atoms with E-state index < -0.39 is 4.92 Å². The quantitative estimate of drug-likeness (QED) is 0.445. The summed E-state index contributed by atoms with van der Waals surface area (Å²) in [6, 6.07) is 13.8. The zero-order valence-electron chi connectivity index (χ0n) is 15.0. The maximum Gasteiger partial charge on any atom is 0.317 e. The van der Waals surface area contributed by atoms with E-state index in [4.69, 9.17) is 4.74 Å². The number of hydrogen-bond donors (Lipinski definition) is 1. The summed E-state index contributed by atoms with van der Waals surface area (Å²) in [5, 5.41) is 13.5. The molecule has 0 aliphatic carbocycles. The Labute approximate surface area is 152 Å². The van der Waals surface area contributed by atoms with Crippen molar-refractivity contribution in [3.05, 3.63) is 69.8 Å². The molecule has 0 aromatic heterocycles. The van der Waals surface area contributed by atoms with Gasteiger partial charge in [-0.3, -0.25) is 10.1 Å². The van der Waals surface area contributed by atoms with Gasteiger partial charge in [0.25, 0.3) is 5.69 Å². The van der Waals surface area contributed by atoms with E-state index in [1.807, 2.05) is 31.2 Å². The number of urea groups is 1. The Kier molecular flexibility index (Phi) is 6.96. The van der Waals surface area contributed by atoms with E-state index in [-0.39, 0.29) is 18.3 Å². The summed E-state index contributed by atoms with van der Waals surface area (Å²) in [5.41, 5.74) is 1.78. The molecule has 2 amide bonds. The maximum absolute atomic E-state index is 12.1. The number of nitrogens with one attached hydrogen (secondary N) is 1. The third-order valence-corrected chi connectivity index (χ3v) is 3.90. The van der Waals surface area contributed by atoms with Gasteiger partial charge in [-0.05, 0) is 30.5 Å². The van der Waals surface area contributed by atoms with Crippen LogP contribution in [0.2, 0.25) is 0 Å². The van der Waals surface area contributed by atoms with Gasteiger partial charge in [0.2, 0.25) is 0 Å². The number of non-ortho nitro benzene ring substituents is 1. The molecule has 138 valence electrons. The van der Waals surface area contributed by atoms with Crippen molar-refractivity contribution >= 4 is 11.7 Å². The zero-order valence-corrected chi connectivity index (χ0v) is 15.0. The summed E-state index contributed by atoms with van der Waals surface area (Å²) in [7, 11) is 1.70. The van der Waals surface area contributed by atoms with Crippen molar-refractivity contribution in [2.75, 3.05) is 20.2 Å². The molecule has 0 fully saturated rings. The summed E-state index contributed by atoms with van der Waals surface area (Å²) >= 11 is 0. The van der Waals surface area contributed by atoms with Crippen LogP contribution < -0.4 is 10.1 Å². The molecule has 0 bridgehead atoms. The van der Waals surface area contributed by atoms with E-state index in [1.54, 1.807) is 24.1 Å². The third kappa shape index (κ3) is 5.77. The SMILES string of the molecule is Cc1ccccc1OCCCN(C)C(=O)NCc1cccc([N+](=O)[O-])c1. The number of rotatable bonds is 8. The summed E-state index contributed by atoms with van der Waals surface area (Å²) in [6.07, 6.45) is 0.703. The molecule has 2 rings (SSSR count). The van der Waals surface area contributed by atoms with Gasteiger partial charge in [-0.1, -0.05) is 30.3 Å². The standard InChI is InChI=1S/C19H23N3O4/c1-15-7-3-4-10-18(15)26-12-6-11-21(2)19(23)20-14-16-8-5-9-17(13-16)22(24)25/h3-5,7-10,13H,6,11-12,14H2,1-2H3,(H,20,23). The molecule has 0 atom stereocenters. The molecule has 0 saturated heterocycles. The van der Waals surface area contributed by atoms with Gasteiger partial charge in [0.1, 0.15) is 5.75 Å². The minimum Gasteiger partial charge on any atom is -0.493 e. The first-order valence-electron chi connectivity index (χ1n) is 8.38. The highest BCUT2D eigenvalue weighted by Gasteiger charge is 2.10. The number of carbonyl (C=O) groups excluding carboxylic acids is 1. The lowest BCUT2D eigenvalue weighted by Crippen LogP contribution is -2.37. The molecule has 7 heteroatoms. The minimum atomic E-state index is -0.452. The average Bonchev–Trinajstić information content (AvgIpc) is 2.64. The van der Waals surface area contributed by atoms with Crippen molar-refractivity contribution < 1.29 is 14.5 Å². The number of nitrogens with zero attached hydrogens (tertiary/aromatic N) is 2. The Hall–Kier alpha value is -3.09. The number of hydrogen-bond acceptors (Lipinski definition) is 4. The van der Waals surface area contributed by atoms with Crippen LogP contribution in [-0.2, 0) is 6.54 Å². The van der Waals surface area contributed by atoms with Crippen molar-refractivity contribution in [3.63, 3.8) is 0 Å². The number of benzene rings is 2. The molecule has 0 spiro atoms. The molecule has 0 aliphatic rings. The second kappa shape index (κ2) is 9.41. The van der Waals surface area contributed by atoms with Crippen LogP contribution in [-0.4, -0.2) is 36.1 Å². The van der Waals surface area contributed by atoms with Crippen molar-refractivity contribution in [2.24, 2.45) is 0 Å².